The smallest absolute Gasteiger partial charge is 0.222 e. The molecule has 0 saturated carbocycles. The third-order valence-corrected chi connectivity index (χ3v) is 3.29. The Kier molecular flexibility index (Phi) is 3.51. The zero-order valence-corrected chi connectivity index (χ0v) is 11.5. The maximum Gasteiger partial charge on any atom is 0.222 e. The van der Waals surface area contributed by atoms with Crippen LogP contribution in [0.3, 0.4) is 0 Å². The van der Waals surface area contributed by atoms with E-state index in [1.807, 2.05) is 36.4 Å². The maximum atomic E-state index is 5.77. The Bertz CT molecular complexity index is 733. The molecule has 0 saturated heterocycles. The highest BCUT2D eigenvalue weighted by Gasteiger charge is 2.08. The van der Waals surface area contributed by atoms with Gasteiger partial charge in [0.2, 0.25) is 5.95 Å². The molecule has 3 aromatic rings. The molecule has 4 heteroatoms. The average molecular weight is 276 g/mol. The van der Waals surface area contributed by atoms with Gasteiger partial charge in [0.25, 0.3) is 0 Å². The zero-order valence-electron chi connectivity index (χ0n) is 11.5. The number of hydrogen-bond acceptors (Lipinski definition) is 4. The highest BCUT2D eigenvalue weighted by Crippen LogP contribution is 2.25. The van der Waals surface area contributed by atoms with E-state index < -0.39 is 0 Å². The van der Waals surface area contributed by atoms with Gasteiger partial charge in [-0.3, -0.25) is 0 Å². The highest BCUT2D eigenvalue weighted by molar-refractivity contribution is 5.67. The average Bonchev–Trinajstić information content (AvgIpc) is 2.48. The molecular weight excluding hydrogens is 260 g/mol. The number of rotatable bonds is 3. The largest absolute Gasteiger partial charge is 0.384 e. The summed E-state index contributed by atoms with van der Waals surface area (Å²) in [5.41, 5.74) is 15.7. The molecule has 1 aromatic heterocycles. The summed E-state index contributed by atoms with van der Waals surface area (Å²) < 4.78 is 0. The third-order valence-electron chi connectivity index (χ3n) is 3.29. The number of hydrogen-bond donors (Lipinski definition) is 2. The van der Waals surface area contributed by atoms with Gasteiger partial charge in [-0.15, -0.1) is 0 Å². The summed E-state index contributed by atoms with van der Waals surface area (Å²) in [5.74, 6) is 0.575. The number of anilines is 2. The summed E-state index contributed by atoms with van der Waals surface area (Å²) in [5, 5.41) is 0. The van der Waals surface area contributed by atoms with Crippen molar-refractivity contribution in [2.24, 2.45) is 0 Å². The molecule has 2 aromatic carbocycles. The van der Waals surface area contributed by atoms with Crippen LogP contribution < -0.4 is 11.5 Å². The summed E-state index contributed by atoms with van der Waals surface area (Å²) in [6, 6.07) is 20.2. The summed E-state index contributed by atoms with van der Waals surface area (Å²) in [6.45, 7) is 0. The lowest BCUT2D eigenvalue weighted by Gasteiger charge is -2.10. The molecule has 0 aliphatic carbocycles. The van der Waals surface area contributed by atoms with Crippen molar-refractivity contribution in [3.63, 3.8) is 0 Å². The minimum absolute atomic E-state index is 0.194. The van der Waals surface area contributed by atoms with E-state index in [-0.39, 0.29) is 5.95 Å². The summed E-state index contributed by atoms with van der Waals surface area (Å²) in [4.78, 5) is 8.21. The number of nitrogens with two attached hydrogens (primary N) is 2. The van der Waals surface area contributed by atoms with E-state index in [4.69, 9.17) is 11.5 Å². The van der Waals surface area contributed by atoms with Crippen LogP contribution in [-0.4, -0.2) is 9.97 Å². The summed E-state index contributed by atoms with van der Waals surface area (Å²) in [6.07, 6.45) is 0.834. The van der Waals surface area contributed by atoms with Gasteiger partial charge in [-0.25, -0.2) is 4.98 Å². The van der Waals surface area contributed by atoms with Crippen LogP contribution in [-0.2, 0) is 6.42 Å². The number of benzene rings is 2. The molecule has 0 radical (unpaired) electrons. The van der Waals surface area contributed by atoms with Gasteiger partial charge >= 0.3 is 0 Å². The van der Waals surface area contributed by atoms with Crippen LogP contribution in [0.5, 0.6) is 0 Å². The molecule has 4 N–H and O–H groups in total. The van der Waals surface area contributed by atoms with Crippen molar-refractivity contribution in [1.82, 2.24) is 9.97 Å². The highest BCUT2D eigenvalue weighted by atomic mass is 15.0. The van der Waals surface area contributed by atoms with E-state index in [2.05, 4.69) is 28.2 Å². The first-order valence-electron chi connectivity index (χ1n) is 6.74. The fraction of sp³-hybridized carbons (Fsp3) is 0.0588. The fourth-order valence-corrected chi connectivity index (χ4v) is 2.36. The lowest BCUT2D eigenvalue weighted by molar-refractivity contribution is 1.16. The summed E-state index contributed by atoms with van der Waals surface area (Å²) >= 11 is 0. The minimum Gasteiger partial charge on any atom is -0.384 e. The van der Waals surface area contributed by atoms with Gasteiger partial charge in [-0.1, -0.05) is 54.6 Å². The van der Waals surface area contributed by atoms with Crippen LogP contribution in [0.15, 0.2) is 60.7 Å². The van der Waals surface area contributed by atoms with Crippen molar-refractivity contribution in [3.8, 4) is 11.3 Å². The normalized spacial score (nSPS) is 10.5. The predicted molar refractivity (Wildman–Crippen MR) is 85.5 cm³/mol. The van der Waals surface area contributed by atoms with Gasteiger partial charge in [0.05, 0.1) is 5.69 Å². The molecule has 0 spiro atoms. The Balaban J connectivity index is 2.03. The van der Waals surface area contributed by atoms with Crippen molar-refractivity contribution in [2.75, 3.05) is 11.5 Å². The second-order valence-corrected chi connectivity index (χ2v) is 4.86. The third kappa shape index (κ3) is 3.00. The zero-order chi connectivity index (χ0) is 14.7. The topological polar surface area (TPSA) is 77.8 Å². The number of nitrogen functional groups attached to an aromatic ring is 2. The molecule has 104 valence electrons. The Morgan fingerprint density at radius 3 is 2.29 bits per heavy atom. The van der Waals surface area contributed by atoms with E-state index in [0.29, 0.717) is 5.82 Å². The van der Waals surface area contributed by atoms with Gasteiger partial charge in [-0.2, -0.15) is 4.98 Å². The van der Waals surface area contributed by atoms with E-state index in [1.54, 1.807) is 6.07 Å². The number of aromatic nitrogens is 2. The van der Waals surface area contributed by atoms with Gasteiger partial charge in [-0.05, 0) is 17.5 Å². The van der Waals surface area contributed by atoms with Crippen LogP contribution in [0.25, 0.3) is 11.3 Å². The maximum absolute atomic E-state index is 5.77. The molecule has 0 atom stereocenters. The standard InChI is InChI=1S/C17H16N4/c18-16-11-15(20-17(19)21-16)14-9-5-4-8-13(14)10-12-6-2-1-3-7-12/h1-9,11H,10H2,(H4,18,19,20,21). The van der Waals surface area contributed by atoms with E-state index in [1.165, 1.54) is 11.1 Å². The summed E-state index contributed by atoms with van der Waals surface area (Å²) in [7, 11) is 0. The molecule has 3 rings (SSSR count). The number of nitrogens with zero attached hydrogens (tertiary/aromatic N) is 2. The first-order chi connectivity index (χ1) is 10.2. The van der Waals surface area contributed by atoms with Crippen LogP contribution >= 0.6 is 0 Å². The first kappa shape index (κ1) is 13.1. The molecule has 0 unspecified atom stereocenters. The van der Waals surface area contributed by atoms with Crippen LogP contribution in [0.4, 0.5) is 11.8 Å². The van der Waals surface area contributed by atoms with Crippen molar-refractivity contribution in [1.29, 1.82) is 0 Å². The second-order valence-electron chi connectivity index (χ2n) is 4.86. The van der Waals surface area contributed by atoms with Crippen LogP contribution in [0, 0.1) is 0 Å². The van der Waals surface area contributed by atoms with E-state index in [0.717, 1.165) is 17.7 Å². The quantitative estimate of drug-likeness (QED) is 0.771. The van der Waals surface area contributed by atoms with Gasteiger partial charge in [0.15, 0.2) is 0 Å². The molecule has 1 heterocycles. The Morgan fingerprint density at radius 2 is 1.52 bits per heavy atom. The van der Waals surface area contributed by atoms with Gasteiger partial charge < -0.3 is 11.5 Å². The Labute approximate surface area is 123 Å². The molecule has 0 aliphatic rings. The molecule has 4 nitrogen and oxygen atoms in total. The Hall–Kier alpha value is -2.88. The van der Waals surface area contributed by atoms with Crippen LogP contribution in [0.1, 0.15) is 11.1 Å². The Morgan fingerprint density at radius 1 is 0.810 bits per heavy atom. The molecule has 0 bridgehead atoms. The van der Waals surface area contributed by atoms with Gasteiger partial charge in [0.1, 0.15) is 5.82 Å². The van der Waals surface area contributed by atoms with Crippen molar-refractivity contribution < 1.29 is 0 Å². The van der Waals surface area contributed by atoms with Gasteiger partial charge in [0, 0.05) is 11.6 Å². The SMILES string of the molecule is Nc1cc(-c2ccccc2Cc2ccccc2)nc(N)n1. The lowest BCUT2D eigenvalue weighted by Crippen LogP contribution is -2.02. The first-order valence-corrected chi connectivity index (χ1v) is 6.74. The molecule has 0 fully saturated rings. The molecule has 0 amide bonds. The molecular formula is C17H16N4. The lowest BCUT2D eigenvalue weighted by atomic mass is 9.98. The molecule has 21 heavy (non-hydrogen) atoms. The molecule has 0 aliphatic heterocycles. The van der Waals surface area contributed by atoms with E-state index >= 15 is 0 Å². The minimum atomic E-state index is 0.194. The second kappa shape index (κ2) is 5.63. The van der Waals surface area contributed by atoms with Crippen molar-refractivity contribution in [2.45, 2.75) is 6.42 Å². The van der Waals surface area contributed by atoms with Crippen LogP contribution in [0.2, 0.25) is 0 Å². The van der Waals surface area contributed by atoms with Crippen molar-refractivity contribution in [3.05, 3.63) is 71.8 Å². The van der Waals surface area contributed by atoms with Crippen molar-refractivity contribution >= 4 is 11.8 Å². The monoisotopic (exact) mass is 276 g/mol. The fourth-order valence-electron chi connectivity index (χ4n) is 2.36. The van der Waals surface area contributed by atoms with E-state index in [9.17, 15) is 0 Å². The predicted octanol–water partition coefficient (Wildman–Crippen LogP) is 2.90.